The van der Waals surface area contributed by atoms with Crippen LogP contribution in [0.15, 0.2) is 108 Å². The van der Waals surface area contributed by atoms with Crippen LogP contribution in [0.3, 0.4) is 0 Å². The Kier molecular flexibility index (Phi) is 11.0. The minimum atomic E-state index is -4.30. The molecule has 0 saturated heterocycles. The second kappa shape index (κ2) is 14.9. The van der Waals surface area contributed by atoms with E-state index in [-0.39, 0.29) is 29.1 Å². The number of nitrogens with zero attached hydrogens (tertiary/aromatic N) is 2. The molecule has 44 heavy (non-hydrogen) atoms. The van der Waals surface area contributed by atoms with Gasteiger partial charge in [-0.05, 0) is 67.1 Å². The number of carbonyl (C=O) groups excluding carboxylic acids is 2. The molecule has 0 spiro atoms. The van der Waals surface area contributed by atoms with Gasteiger partial charge in [0.1, 0.15) is 24.2 Å². The van der Waals surface area contributed by atoms with E-state index in [9.17, 15) is 22.4 Å². The number of halogens is 2. The molecule has 0 aromatic heterocycles. The fourth-order valence-corrected chi connectivity index (χ4v) is 6.21. The second-order valence-corrected chi connectivity index (χ2v) is 12.1. The van der Waals surface area contributed by atoms with Gasteiger partial charge in [0.2, 0.25) is 11.8 Å². The Morgan fingerprint density at radius 3 is 2.16 bits per heavy atom. The van der Waals surface area contributed by atoms with Crippen LogP contribution < -0.4 is 14.4 Å². The van der Waals surface area contributed by atoms with Crippen molar-refractivity contribution in [2.45, 2.75) is 30.8 Å². The predicted octanol–water partition coefficient (Wildman–Crippen LogP) is 5.46. The van der Waals surface area contributed by atoms with Gasteiger partial charge in [-0.1, -0.05) is 60.1 Å². The van der Waals surface area contributed by atoms with Crippen molar-refractivity contribution in [3.63, 3.8) is 0 Å². The number of carbonyl (C=O) groups is 2. The van der Waals surface area contributed by atoms with Gasteiger partial charge in [-0.2, -0.15) is 0 Å². The first kappa shape index (κ1) is 32.5. The molecule has 1 N–H and O–H groups in total. The molecule has 8 nitrogen and oxygen atoms in total. The molecule has 2 amide bonds. The van der Waals surface area contributed by atoms with Crippen molar-refractivity contribution in [3.05, 3.63) is 125 Å². The molecule has 0 aliphatic rings. The largest absolute Gasteiger partial charge is 0.494 e. The summed E-state index contributed by atoms with van der Waals surface area (Å²) in [5.74, 6) is -1.22. The third-order valence-corrected chi connectivity index (χ3v) is 8.97. The van der Waals surface area contributed by atoms with E-state index in [0.29, 0.717) is 17.4 Å². The fraction of sp³-hybridized carbons (Fsp3) is 0.212. The number of nitrogens with one attached hydrogen (secondary N) is 1. The zero-order valence-electron chi connectivity index (χ0n) is 24.3. The van der Waals surface area contributed by atoms with Crippen molar-refractivity contribution in [2.24, 2.45) is 0 Å². The predicted molar refractivity (Wildman–Crippen MR) is 169 cm³/mol. The monoisotopic (exact) mass is 637 g/mol. The average Bonchev–Trinajstić information content (AvgIpc) is 3.03. The average molecular weight is 638 g/mol. The first-order valence-corrected chi connectivity index (χ1v) is 15.8. The Morgan fingerprint density at radius 2 is 1.55 bits per heavy atom. The normalized spacial score (nSPS) is 11.8. The lowest BCUT2D eigenvalue weighted by atomic mass is 10.0. The molecule has 0 saturated carbocycles. The van der Waals surface area contributed by atoms with E-state index in [4.69, 9.17) is 16.3 Å². The molecule has 0 aliphatic heterocycles. The second-order valence-electron chi connectivity index (χ2n) is 9.83. The summed E-state index contributed by atoms with van der Waals surface area (Å²) in [6.07, 6.45) is 0.119. The third kappa shape index (κ3) is 7.94. The van der Waals surface area contributed by atoms with E-state index in [0.717, 1.165) is 9.87 Å². The minimum Gasteiger partial charge on any atom is -0.494 e. The molecule has 0 fully saturated rings. The first-order chi connectivity index (χ1) is 21.1. The lowest BCUT2D eigenvalue weighted by Gasteiger charge is -2.33. The van der Waals surface area contributed by atoms with Crippen molar-refractivity contribution < 1.29 is 27.1 Å². The van der Waals surface area contributed by atoms with Crippen LogP contribution in [0, 0.1) is 5.82 Å². The third-order valence-electron chi connectivity index (χ3n) is 6.93. The highest BCUT2D eigenvalue weighted by Crippen LogP contribution is 2.28. The minimum absolute atomic E-state index is 0.0867. The summed E-state index contributed by atoms with van der Waals surface area (Å²) in [5.41, 5.74) is 1.14. The van der Waals surface area contributed by atoms with E-state index in [2.05, 4.69) is 5.32 Å². The highest BCUT2D eigenvalue weighted by atomic mass is 35.5. The summed E-state index contributed by atoms with van der Waals surface area (Å²) in [5, 5.41) is 2.95. The number of sulfonamides is 1. The van der Waals surface area contributed by atoms with Gasteiger partial charge in [0, 0.05) is 30.6 Å². The summed E-state index contributed by atoms with van der Waals surface area (Å²) in [4.78, 5) is 28.7. The maximum absolute atomic E-state index is 14.9. The Bertz CT molecular complexity index is 1670. The van der Waals surface area contributed by atoms with Crippen LogP contribution >= 0.6 is 11.6 Å². The van der Waals surface area contributed by atoms with Crippen molar-refractivity contribution in [1.29, 1.82) is 0 Å². The van der Waals surface area contributed by atoms with Crippen LogP contribution in [-0.4, -0.2) is 51.4 Å². The molecular weight excluding hydrogens is 605 g/mol. The van der Waals surface area contributed by atoms with Crippen LogP contribution in [0.4, 0.5) is 10.1 Å². The van der Waals surface area contributed by atoms with Gasteiger partial charge < -0.3 is 15.0 Å². The van der Waals surface area contributed by atoms with Crippen molar-refractivity contribution in [3.8, 4) is 5.75 Å². The van der Waals surface area contributed by atoms with E-state index < -0.39 is 40.2 Å². The maximum Gasteiger partial charge on any atom is 0.264 e. The zero-order chi connectivity index (χ0) is 31.7. The number of likely N-dealkylation sites (N-methyl/N-ethyl adjacent to an activating group) is 1. The molecular formula is C33H33ClFN3O5S. The van der Waals surface area contributed by atoms with Crippen LogP contribution in [0.25, 0.3) is 0 Å². The summed E-state index contributed by atoms with van der Waals surface area (Å²) in [6.45, 7) is 1.30. The Labute approximate surface area is 262 Å². The lowest BCUT2D eigenvalue weighted by molar-refractivity contribution is -0.139. The van der Waals surface area contributed by atoms with E-state index >= 15 is 0 Å². The van der Waals surface area contributed by atoms with E-state index in [1.54, 1.807) is 18.2 Å². The molecule has 0 bridgehead atoms. The number of ether oxygens (including phenoxy) is 1. The van der Waals surface area contributed by atoms with E-state index in [1.165, 1.54) is 66.5 Å². The smallest absolute Gasteiger partial charge is 0.264 e. The number of amides is 2. The summed E-state index contributed by atoms with van der Waals surface area (Å²) in [6, 6.07) is 25.8. The van der Waals surface area contributed by atoms with Crippen molar-refractivity contribution >= 4 is 39.1 Å². The van der Waals surface area contributed by atoms with Crippen molar-refractivity contribution in [2.75, 3.05) is 24.5 Å². The highest BCUT2D eigenvalue weighted by Gasteiger charge is 2.34. The van der Waals surface area contributed by atoms with Gasteiger partial charge in [0.25, 0.3) is 10.0 Å². The lowest BCUT2D eigenvalue weighted by Crippen LogP contribution is -2.53. The molecule has 4 aromatic rings. The zero-order valence-corrected chi connectivity index (χ0v) is 25.9. The number of benzene rings is 4. The molecule has 4 aromatic carbocycles. The molecule has 11 heteroatoms. The molecule has 4 rings (SSSR count). The van der Waals surface area contributed by atoms with Crippen LogP contribution in [0.1, 0.15) is 18.1 Å². The van der Waals surface area contributed by atoms with Gasteiger partial charge in [-0.25, -0.2) is 12.8 Å². The van der Waals surface area contributed by atoms with Gasteiger partial charge in [-0.3, -0.25) is 13.9 Å². The van der Waals surface area contributed by atoms with Gasteiger partial charge in [-0.15, -0.1) is 0 Å². The number of hydrogen-bond donors (Lipinski definition) is 1. The molecule has 0 unspecified atom stereocenters. The summed E-state index contributed by atoms with van der Waals surface area (Å²) < 4.78 is 49.4. The topological polar surface area (TPSA) is 96.0 Å². The highest BCUT2D eigenvalue weighted by molar-refractivity contribution is 7.92. The Morgan fingerprint density at radius 1 is 0.909 bits per heavy atom. The van der Waals surface area contributed by atoms with Crippen LogP contribution in [-0.2, 0) is 32.6 Å². The SMILES string of the molecule is CCOc1ccc(N(CC(=O)N(Cc2ccccc2F)[C@H](Cc2ccccc2)C(=O)NC)S(=O)(=O)c2ccc(Cl)cc2)cc1. The molecule has 0 heterocycles. The number of anilines is 1. The standard InChI is InChI=1S/C33H33ClFN3O5S/c1-3-43-28-17-15-27(16-18-28)38(44(41,42)29-19-13-26(34)14-20-29)23-32(39)37(22-25-11-7-8-12-30(25)35)31(33(40)36-2)21-24-9-5-4-6-10-24/h4-20,31H,3,21-23H2,1-2H3,(H,36,40)/t31-/m1/s1. The molecule has 230 valence electrons. The Hall–Kier alpha value is -4.41. The Balaban J connectivity index is 1.79. The van der Waals surface area contributed by atoms with Crippen molar-refractivity contribution in [1.82, 2.24) is 10.2 Å². The van der Waals surface area contributed by atoms with Crippen LogP contribution in [0.2, 0.25) is 5.02 Å². The summed E-state index contributed by atoms with van der Waals surface area (Å²) in [7, 11) is -2.86. The maximum atomic E-state index is 14.9. The molecule has 0 aliphatic carbocycles. The van der Waals surface area contributed by atoms with Gasteiger partial charge in [0.15, 0.2) is 0 Å². The van der Waals surface area contributed by atoms with Gasteiger partial charge >= 0.3 is 0 Å². The van der Waals surface area contributed by atoms with E-state index in [1.807, 2.05) is 37.3 Å². The molecule has 1 atom stereocenters. The summed E-state index contributed by atoms with van der Waals surface area (Å²) >= 11 is 6.01. The van der Waals surface area contributed by atoms with Crippen LogP contribution in [0.5, 0.6) is 5.75 Å². The fourth-order valence-electron chi connectivity index (χ4n) is 4.67. The molecule has 0 radical (unpaired) electrons. The quantitative estimate of drug-likeness (QED) is 0.210. The van der Waals surface area contributed by atoms with Gasteiger partial charge in [0.05, 0.1) is 17.2 Å². The first-order valence-electron chi connectivity index (χ1n) is 13.9. The number of hydrogen-bond acceptors (Lipinski definition) is 5. The number of rotatable bonds is 13.